The molecule has 0 amide bonds. The number of carbonyl (C=O) groups excluding carboxylic acids is 1. The molecule has 0 aliphatic rings. The fraction of sp³-hybridized carbons (Fsp3) is 0.133. The Bertz CT molecular complexity index is 656. The maximum absolute atomic E-state index is 13.1. The molecule has 0 atom stereocenters. The second-order valence-corrected chi connectivity index (χ2v) is 4.35. The van der Waals surface area contributed by atoms with Crippen LogP contribution in [0.1, 0.15) is 22.8 Å². The number of hydrogen-bond donors (Lipinski definition) is 1. The number of nitrogens with two attached hydrogens (primary N) is 1. The molecule has 0 fully saturated rings. The van der Waals surface area contributed by atoms with Crippen molar-refractivity contribution in [3.8, 4) is 5.75 Å². The number of rotatable bonds is 4. The zero-order chi connectivity index (χ0) is 14.7. The van der Waals surface area contributed by atoms with Crippen molar-refractivity contribution in [3.05, 3.63) is 59.2 Å². The fourth-order valence-corrected chi connectivity index (χ4v) is 1.74. The Morgan fingerprint density at radius 1 is 1.15 bits per heavy atom. The Morgan fingerprint density at radius 3 is 2.55 bits per heavy atom. The highest BCUT2D eigenvalue weighted by Gasteiger charge is 2.10. The van der Waals surface area contributed by atoms with Crippen molar-refractivity contribution in [3.63, 3.8) is 0 Å². The number of anilines is 1. The van der Waals surface area contributed by atoms with Gasteiger partial charge in [0.2, 0.25) is 0 Å². The maximum atomic E-state index is 13.1. The molecule has 2 rings (SSSR count). The molecule has 5 heteroatoms. The van der Waals surface area contributed by atoms with Crippen LogP contribution in [0.5, 0.6) is 5.75 Å². The smallest absolute Gasteiger partial charge is 0.163 e. The van der Waals surface area contributed by atoms with Gasteiger partial charge in [-0.3, -0.25) is 4.79 Å². The normalized spacial score (nSPS) is 10.3. The zero-order valence-corrected chi connectivity index (χ0v) is 10.8. The Balaban J connectivity index is 2.18. The van der Waals surface area contributed by atoms with Gasteiger partial charge in [0.1, 0.15) is 12.4 Å². The van der Waals surface area contributed by atoms with Crippen LogP contribution in [0, 0.1) is 11.6 Å². The van der Waals surface area contributed by atoms with Crippen molar-refractivity contribution in [1.29, 1.82) is 0 Å². The van der Waals surface area contributed by atoms with Crippen molar-refractivity contribution in [1.82, 2.24) is 0 Å². The minimum atomic E-state index is -0.935. The predicted octanol–water partition coefficient (Wildman–Crippen LogP) is 3.33. The average molecular weight is 277 g/mol. The molecule has 0 saturated heterocycles. The third-order valence-electron chi connectivity index (χ3n) is 2.76. The minimum Gasteiger partial charge on any atom is -0.488 e. The van der Waals surface area contributed by atoms with Crippen molar-refractivity contribution in [2.45, 2.75) is 13.5 Å². The van der Waals surface area contributed by atoms with Gasteiger partial charge < -0.3 is 10.5 Å². The highest BCUT2D eigenvalue weighted by Crippen LogP contribution is 2.23. The number of nitrogen functional groups attached to an aromatic ring is 1. The van der Waals surface area contributed by atoms with E-state index in [1.54, 1.807) is 12.1 Å². The molecular formula is C15H13F2NO2. The molecule has 3 nitrogen and oxygen atoms in total. The molecule has 0 radical (unpaired) electrons. The predicted molar refractivity (Wildman–Crippen MR) is 71.5 cm³/mol. The van der Waals surface area contributed by atoms with Crippen LogP contribution in [0.25, 0.3) is 0 Å². The second-order valence-electron chi connectivity index (χ2n) is 4.35. The van der Waals surface area contributed by atoms with Crippen molar-refractivity contribution < 1.29 is 18.3 Å². The Hall–Kier alpha value is -2.43. The lowest BCUT2D eigenvalue weighted by Gasteiger charge is -2.10. The van der Waals surface area contributed by atoms with Gasteiger partial charge in [-0.2, -0.15) is 0 Å². The van der Waals surface area contributed by atoms with Gasteiger partial charge in [0.25, 0.3) is 0 Å². The highest BCUT2D eigenvalue weighted by atomic mass is 19.2. The molecule has 0 spiro atoms. The molecule has 0 aliphatic heterocycles. The molecule has 0 aromatic heterocycles. The summed E-state index contributed by atoms with van der Waals surface area (Å²) >= 11 is 0. The molecular weight excluding hydrogens is 264 g/mol. The summed E-state index contributed by atoms with van der Waals surface area (Å²) in [4.78, 5) is 11.5. The van der Waals surface area contributed by atoms with E-state index in [0.717, 1.165) is 12.1 Å². The lowest BCUT2D eigenvalue weighted by atomic mass is 10.1. The van der Waals surface area contributed by atoms with Crippen LogP contribution in [0.4, 0.5) is 14.5 Å². The molecule has 0 saturated carbocycles. The quantitative estimate of drug-likeness (QED) is 0.689. The summed E-state index contributed by atoms with van der Waals surface area (Å²) in [7, 11) is 0. The van der Waals surface area contributed by atoms with Crippen molar-refractivity contribution in [2.24, 2.45) is 0 Å². The number of hydrogen-bond acceptors (Lipinski definition) is 3. The lowest BCUT2D eigenvalue weighted by Crippen LogP contribution is -2.03. The first-order valence-electron chi connectivity index (χ1n) is 5.94. The molecule has 0 bridgehead atoms. The summed E-state index contributed by atoms with van der Waals surface area (Å²) in [5.74, 6) is -1.67. The highest BCUT2D eigenvalue weighted by molar-refractivity contribution is 5.97. The molecule has 0 aliphatic carbocycles. The number of benzene rings is 2. The van der Waals surface area contributed by atoms with E-state index in [0.29, 0.717) is 22.6 Å². The van der Waals surface area contributed by atoms with E-state index in [2.05, 4.69) is 0 Å². The summed E-state index contributed by atoms with van der Waals surface area (Å²) in [5.41, 5.74) is 6.89. The average Bonchev–Trinajstić information content (AvgIpc) is 2.41. The van der Waals surface area contributed by atoms with E-state index in [1.165, 1.54) is 19.1 Å². The Labute approximate surface area is 115 Å². The van der Waals surface area contributed by atoms with Crippen LogP contribution in [0.15, 0.2) is 36.4 Å². The second kappa shape index (κ2) is 5.69. The lowest BCUT2D eigenvalue weighted by molar-refractivity contribution is 0.101. The maximum Gasteiger partial charge on any atom is 0.163 e. The van der Waals surface area contributed by atoms with Crippen molar-refractivity contribution >= 4 is 11.5 Å². The monoisotopic (exact) mass is 277 g/mol. The van der Waals surface area contributed by atoms with Gasteiger partial charge in [-0.1, -0.05) is 6.07 Å². The third kappa shape index (κ3) is 3.12. The number of ketones is 1. The first-order valence-corrected chi connectivity index (χ1v) is 5.94. The third-order valence-corrected chi connectivity index (χ3v) is 2.76. The number of ether oxygens (including phenoxy) is 1. The molecule has 2 N–H and O–H groups in total. The minimum absolute atomic E-state index is 0.0292. The largest absolute Gasteiger partial charge is 0.488 e. The van der Waals surface area contributed by atoms with Gasteiger partial charge in [0.05, 0.1) is 5.56 Å². The van der Waals surface area contributed by atoms with Gasteiger partial charge in [0.15, 0.2) is 17.4 Å². The van der Waals surface area contributed by atoms with E-state index in [-0.39, 0.29) is 12.4 Å². The van der Waals surface area contributed by atoms with E-state index < -0.39 is 11.6 Å². The van der Waals surface area contributed by atoms with Gasteiger partial charge >= 0.3 is 0 Å². The number of carbonyl (C=O) groups is 1. The zero-order valence-electron chi connectivity index (χ0n) is 10.8. The van der Waals surface area contributed by atoms with Gasteiger partial charge in [-0.05, 0) is 42.8 Å². The number of Topliss-reactive ketones (excluding diaryl/α,β-unsaturated/α-hetero) is 1. The van der Waals surface area contributed by atoms with Crippen LogP contribution in [0.3, 0.4) is 0 Å². The summed E-state index contributed by atoms with van der Waals surface area (Å²) < 4.78 is 31.3. The topological polar surface area (TPSA) is 52.3 Å². The Kier molecular flexibility index (Phi) is 3.98. The summed E-state index contributed by atoms with van der Waals surface area (Å²) in [5, 5.41) is 0. The molecule has 0 unspecified atom stereocenters. The van der Waals surface area contributed by atoms with Crippen LogP contribution >= 0.6 is 0 Å². The summed E-state index contributed by atoms with van der Waals surface area (Å²) in [6.07, 6.45) is 0. The van der Waals surface area contributed by atoms with Crippen LogP contribution in [0.2, 0.25) is 0 Å². The molecule has 20 heavy (non-hydrogen) atoms. The van der Waals surface area contributed by atoms with Gasteiger partial charge in [-0.25, -0.2) is 8.78 Å². The molecule has 104 valence electrons. The van der Waals surface area contributed by atoms with Crippen LogP contribution < -0.4 is 10.5 Å². The van der Waals surface area contributed by atoms with Gasteiger partial charge in [-0.15, -0.1) is 0 Å². The van der Waals surface area contributed by atoms with Gasteiger partial charge in [0, 0.05) is 5.69 Å². The first-order chi connectivity index (χ1) is 9.47. The SMILES string of the molecule is CC(=O)c1cc(N)ccc1OCc1ccc(F)c(F)c1. The Morgan fingerprint density at radius 2 is 1.90 bits per heavy atom. The first kappa shape index (κ1) is 14.0. The standard InChI is InChI=1S/C15H13F2NO2/c1-9(19)12-7-11(18)3-5-15(12)20-8-10-2-4-13(16)14(17)6-10/h2-7H,8,18H2,1H3. The van der Waals surface area contributed by atoms with E-state index in [1.807, 2.05) is 0 Å². The molecule has 2 aromatic carbocycles. The summed E-state index contributed by atoms with van der Waals surface area (Å²) in [6.45, 7) is 1.43. The van der Waals surface area contributed by atoms with Crippen LogP contribution in [-0.2, 0) is 6.61 Å². The summed E-state index contributed by atoms with van der Waals surface area (Å²) in [6, 6.07) is 8.20. The van der Waals surface area contributed by atoms with Crippen LogP contribution in [-0.4, -0.2) is 5.78 Å². The fourth-order valence-electron chi connectivity index (χ4n) is 1.74. The van der Waals surface area contributed by atoms with Crippen molar-refractivity contribution in [2.75, 3.05) is 5.73 Å². The molecule has 0 heterocycles. The number of halogens is 2. The molecule has 2 aromatic rings. The van der Waals surface area contributed by atoms with E-state index >= 15 is 0 Å². The van der Waals surface area contributed by atoms with E-state index in [9.17, 15) is 13.6 Å². The van der Waals surface area contributed by atoms with E-state index in [4.69, 9.17) is 10.5 Å².